The molecular weight excluding hydrogens is 126 g/mol. The van der Waals surface area contributed by atoms with Gasteiger partial charge < -0.3 is 5.73 Å². The Morgan fingerprint density at radius 2 is 2.20 bits per heavy atom. The molecule has 1 aliphatic carbocycles. The third-order valence-corrected chi connectivity index (χ3v) is 2.39. The lowest BCUT2D eigenvalue weighted by molar-refractivity contribution is -0.123. The van der Waals surface area contributed by atoms with Gasteiger partial charge in [-0.3, -0.25) is 4.79 Å². The van der Waals surface area contributed by atoms with Crippen LogP contribution in [0.3, 0.4) is 0 Å². The van der Waals surface area contributed by atoms with Crippen molar-refractivity contribution in [2.24, 2.45) is 11.1 Å². The summed E-state index contributed by atoms with van der Waals surface area (Å²) in [4.78, 5) is 10.8. The van der Waals surface area contributed by atoms with Gasteiger partial charge in [0.05, 0.1) is 0 Å². The van der Waals surface area contributed by atoms with E-state index in [0.717, 1.165) is 32.1 Å². The van der Waals surface area contributed by atoms with Crippen LogP contribution in [0.15, 0.2) is 0 Å². The number of amides is 1. The molecule has 0 radical (unpaired) electrons. The molecule has 1 saturated carbocycles. The van der Waals surface area contributed by atoms with E-state index in [-0.39, 0.29) is 11.3 Å². The van der Waals surface area contributed by atoms with E-state index in [9.17, 15) is 4.79 Å². The van der Waals surface area contributed by atoms with E-state index >= 15 is 0 Å². The maximum atomic E-state index is 10.8. The summed E-state index contributed by atoms with van der Waals surface area (Å²) in [5.74, 6) is -0.0825. The molecule has 1 rings (SSSR count). The second-order valence-corrected chi connectivity index (χ2v) is 3.25. The predicted molar refractivity (Wildman–Crippen MR) is 40.4 cm³/mol. The van der Waals surface area contributed by atoms with Crippen molar-refractivity contribution in [2.45, 2.75) is 39.0 Å². The van der Waals surface area contributed by atoms with Gasteiger partial charge in [-0.15, -0.1) is 0 Å². The summed E-state index contributed by atoms with van der Waals surface area (Å²) >= 11 is 0. The topological polar surface area (TPSA) is 43.1 Å². The van der Waals surface area contributed by atoms with Gasteiger partial charge in [-0.2, -0.15) is 0 Å². The minimum absolute atomic E-state index is 0.0595. The molecule has 1 aliphatic rings. The lowest BCUT2D eigenvalue weighted by Crippen LogP contribution is -2.24. The summed E-state index contributed by atoms with van der Waals surface area (Å²) in [5.41, 5.74) is 5.18. The Balaban J connectivity index is 2.31. The molecule has 0 aromatic rings. The number of hydrogen-bond donors (Lipinski definition) is 1. The van der Waals surface area contributed by atoms with Gasteiger partial charge >= 0.3 is 0 Å². The van der Waals surface area contributed by atoms with Crippen LogP contribution in [0.1, 0.15) is 39.0 Å². The summed E-state index contributed by atoms with van der Waals surface area (Å²) in [6, 6.07) is 0. The van der Waals surface area contributed by atoms with E-state index in [1.807, 2.05) is 0 Å². The minimum Gasteiger partial charge on any atom is -0.369 e. The van der Waals surface area contributed by atoms with Crippen LogP contribution in [0.25, 0.3) is 0 Å². The van der Waals surface area contributed by atoms with E-state index in [4.69, 9.17) is 5.73 Å². The summed E-state index contributed by atoms with van der Waals surface area (Å²) in [6.45, 7) is 2.14. The molecule has 0 unspecified atom stereocenters. The zero-order valence-electron chi connectivity index (χ0n) is 6.52. The van der Waals surface area contributed by atoms with Crippen molar-refractivity contribution in [3.8, 4) is 0 Å². The summed E-state index contributed by atoms with van der Waals surface area (Å²) in [5, 5.41) is 0. The molecule has 0 heterocycles. The molecule has 0 bridgehead atoms. The van der Waals surface area contributed by atoms with E-state index in [2.05, 4.69) is 6.92 Å². The first-order valence-electron chi connectivity index (χ1n) is 4.01. The van der Waals surface area contributed by atoms with E-state index in [1.54, 1.807) is 0 Å². The Morgan fingerprint density at radius 3 is 2.50 bits per heavy atom. The molecular formula is C8H15NO. The van der Waals surface area contributed by atoms with E-state index < -0.39 is 0 Å². The average molecular weight is 141 g/mol. The van der Waals surface area contributed by atoms with E-state index in [1.165, 1.54) is 0 Å². The number of carbonyl (C=O) groups excluding carboxylic acids is 1. The maximum absolute atomic E-state index is 10.8. The van der Waals surface area contributed by atoms with Gasteiger partial charge in [0.25, 0.3) is 0 Å². The SMILES string of the molecule is CCCCC1(C(N)=O)CC1. The maximum Gasteiger partial charge on any atom is 0.223 e. The fourth-order valence-corrected chi connectivity index (χ4v) is 1.29. The van der Waals surface area contributed by atoms with Gasteiger partial charge in [0.2, 0.25) is 5.91 Å². The van der Waals surface area contributed by atoms with Gasteiger partial charge in [0, 0.05) is 5.41 Å². The first-order chi connectivity index (χ1) is 4.71. The number of nitrogens with two attached hydrogens (primary N) is 1. The zero-order chi connectivity index (χ0) is 7.61. The molecule has 2 N–H and O–H groups in total. The van der Waals surface area contributed by atoms with Crippen molar-refractivity contribution in [3.63, 3.8) is 0 Å². The largest absolute Gasteiger partial charge is 0.369 e. The average Bonchev–Trinajstić information content (AvgIpc) is 2.64. The Morgan fingerprint density at radius 1 is 1.60 bits per heavy atom. The molecule has 1 fully saturated rings. The highest BCUT2D eigenvalue weighted by atomic mass is 16.1. The fourth-order valence-electron chi connectivity index (χ4n) is 1.29. The number of carbonyl (C=O) groups is 1. The Hall–Kier alpha value is -0.530. The van der Waals surface area contributed by atoms with Crippen molar-refractivity contribution in [1.29, 1.82) is 0 Å². The van der Waals surface area contributed by atoms with Gasteiger partial charge in [-0.25, -0.2) is 0 Å². The van der Waals surface area contributed by atoms with Crippen LogP contribution in [0, 0.1) is 5.41 Å². The number of rotatable bonds is 4. The standard InChI is InChI=1S/C8H15NO/c1-2-3-4-8(5-6-8)7(9)10/h2-6H2,1H3,(H2,9,10). The third-order valence-electron chi connectivity index (χ3n) is 2.39. The normalized spacial score (nSPS) is 20.5. The molecule has 0 aliphatic heterocycles. The van der Waals surface area contributed by atoms with Crippen LogP contribution >= 0.6 is 0 Å². The van der Waals surface area contributed by atoms with Gasteiger partial charge in [0.15, 0.2) is 0 Å². The number of primary amides is 1. The van der Waals surface area contributed by atoms with Crippen LogP contribution in [-0.2, 0) is 4.79 Å². The highest BCUT2D eigenvalue weighted by molar-refractivity contribution is 5.83. The quantitative estimate of drug-likeness (QED) is 0.632. The predicted octanol–water partition coefficient (Wildman–Crippen LogP) is 1.44. The minimum atomic E-state index is -0.0825. The van der Waals surface area contributed by atoms with Crippen LogP contribution in [0.5, 0.6) is 0 Å². The molecule has 0 saturated heterocycles. The molecule has 2 nitrogen and oxygen atoms in total. The summed E-state index contributed by atoms with van der Waals surface area (Å²) in [6.07, 6.45) is 5.38. The van der Waals surface area contributed by atoms with Gasteiger partial charge in [0.1, 0.15) is 0 Å². The van der Waals surface area contributed by atoms with Crippen LogP contribution in [0.4, 0.5) is 0 Å². The van der Waals surface area contributed by atoms with Crippen molar-refractivity contribution in [1.82, 2.24) is 0 Å². The first kappa shape index (κ1) is 7.58. The third kappa shape index (κ3) is 1.31. The molecule has 0 atom stereocenters. The lowest BCUT2D eigenvalue weighted by Gasteiger charge is -2.07. The van der Waals surface area contributed by atoms with E-state index in [0.29, 0.717) is 0 Å². The monoisotopic (exact) mass is 141 g/mol. The van der Waals surface area contributed by atoms with Crippen molar-refractivity contribution >= 4 is 5.91 Å². The lowest BCUT2D eigenvalue weighted by atomic mass is 9.99. The second-order valence-electron chi connectivity index (χ2n) is 3.25. The Bertz CT molecular complexity index is 138. The van der Waals surface area contributed by atoms with Crippen molar-refractivity contribution in [2.75, 3.05) is 0 Å². The van der Waals surface area contributed by atoms with Crippen molar-refractivity contribution < 1.29 is 4.79 Å². The molecule has 1 amide bonds. The Kier molecular flexibility index (Phi) is 1.97. The molecule has 2 heteroatoms. The molecule has 58 valence electrons. The van der Waals surface area contributed by atoms with Crippen LogP contribution in [-0.4, -0.2) is 5.91 Å². The highest BCUT2D eigenvalue weighted by Crippen LogP contribution is 2.49. The zero-order valence-corrected chi connectivity index (χ0v) is 6.52. The molecule has 0 aromatic heterocycles. The number of unbranched alkanes of at least 4 members (excludes halogenated alkanes) is 1. The van der Waals surface area contributed by atoms with Crippen LogP contribution < -0.4 is 5.73 Å². The molecule has 10 heavy (non-hydrogen) atoms. The molecule has 0 aromatic carbocycles. The van der Waals surface area contributed by atoms with Crippen molar-refractivity contribution in [3.05, 3.63) is 0 Å². The van der Waals surface area contributed by atoms with Gasteiger partial charge in [-0.1, -0.05) is 19.8 Å². The Labute approximate surface area is 61.8 Å². The second kappa shape index (κ2) is 2.60. The first-order valence-corrected chi connectivity index (χ1v) is 4.01. The van der Waals surface area contributed by atoms with Gasteiger partial charge in [-0.05, 0) is 19.3 Å². The summed E-state index contributed by atoms with van der Waals surface area (Å²) in [7, 11) is 0. The molecule has 0 spiro atoms. The highest BCUT2D eigenvalue weighted by Gasteiger charge is 2.47. The van der Waals surface area contributed by atoms with Crippen LogP contribution in [0.2, 0.25) is 0 Å². The fraction of sp³-hybridized carbons (Fsp3) is 0.875. The summed E-state index contributed by atoms with van der Waals surface area (Å²) < 4.78 is 0. The number of hydrogen-bond acceptors (Lipinski definition) is 1. The smallest absolute Gasteiger partial charge is 0.223 e.